The molecule has 1 aliphatic rings. The molecule has 4 aromatic rings. The first-order valence-corrected chi connectivity index (χ1v) is 11.1. The normalized spacial score (nSPS) is 15.6. The maximum atomic E-state index is 13.3. The van der Waals surface area contributed by atoms with Crippen molar-refractivity contribution in [3.8, 4) is 5.75 Å². The number of methoxy groups -OCH3 is 1. The van der Waals surface area contributed by atoms with Crippen LogP contribution in [0.25, 0.3) is 10.9 Å². The van der Waals surface area contributed by atoms with E-state index in [1.165, 1.54) is 4.90 Å². The molecule has 9 heteroatoms. The number of fused-ring (bicyclic) bond motifs is 1. The fraction of sp³-hybridized carbons (Fsp3) is 0.333. The molecule has 0 amide bonds. The Morgan fingerprint density at radius 3 is 2.73 bits per heavy atom. The number of nitrogens with one attached hydrogen (secondary N) is 2. The van der Waals surface area contributed by atoms with Crippen LogP contribution < -0.4 is 15.2 Å². The fourth-order valence-electron chi connectivity index (χ4n) is 4.51. The summed E-state index contributed by atoms with van der Waals surface area (Å²) in [7, 11) is 1.65. The molecule has 5 rings (SSSR count). The van der Waals surface area contributed by atoms with Gasteiger partial charge in [0.15, 0.2) is 6.04 Å². The standard InChI is InChI=1S/C24H26N6O3/c1-16-4-3-5-18-14-20(24(31)25-21(16)18)22(29-10-12-33-13-11-29)23-26-27-28-30(23)15-17-6-8-19(32-2)9-7-17/h3-9,14,22H,10-13,15H2,1-2H3,(H,25,31)/p+1/t22-/m1/s1. The van der Waals surface area contributed by atoms with Crippen LogP contribution in [0.5, 0.6) is 5.75 Å². The third-order valence-corrected chi connectivity index (χ3v) is 6.28. The van der Waals surface area contributed by atoms with Crippen molar-refractivity contribution in [2.45, 2.75) is 19.5 Å². The van der Waals surface area contributed by atoms with Gasteiger partial charge in [0.25, 0.3) is 5.56 Å². The topological polar surface area (TPSA) is 99.4 Å². The van der Waals surface area contributed by atoms with Crippen LogP contribution in [0.2, 0.25) is 0 Å². The summed E-state index contributed by atoms with van der Waals surface area (Å²) in [5, 5.41) is 13.6. The van der Waals surface area contributed by atoms with Gasteiger partial charge in [-0.3, -0.25) is 4.79 Å². The molecule has 1 aliphatic heterocycles. The van der Waals surface area contributed by atoms with E-state index < -0.39 is 0 Å². The van der Waals surface area contributed by atoms with Gasteiger partial charge in [0, 0.05) is 0 Å². The van der Waals surface area contributed by atoms with E-state index in [9.17, 15) is 4.79 Å². The minimum absolute atomic E-state index is 0.111. The number of ether oxygens (including phenoxy) is 2. The van der Waals surface area contributed by atoms with E-state index in [1.807, 2.05) is 55.5 Å². The number of pyridine rings is 1. The van der Waals surface area contributed by atoms with Crippen molar-refractivity contribution in [2.24, 2.45) is 0 Å². The van der Waals surface area contributed by atoms with Crippen molar-refractivity contribution in [3.05, 3.63) is 81.4 Å². The molecule has 1 saturated heterocycles. The Balaban J connectivity index is 1.59. The smallest absolute Gasteiger partial charge is 0.258 e. The molecule has 2 N–H and O–H groups in total. The number of H-pyrrole nitrogens is 1. The average molecular weight is 448 g/mol. The highest BCUT2D eigenvalue weighted by Gasteiger charge is 2.35. The number of tetrazole rings is 1. The van der Waals surface area contributed by atoms with E-state index in [0.717, 1.165) is 40.9 Å². The number of aryl methyl sites for hydroxylation is 1. The molecular formula is C24H27N6O3+. The fourth-order valence-corrected chi connectivity index (χ4v) is 4.51. The molecular weight excluding hydrogens is 420 g/mol. The third kappa shape index (κ3) is 4.24. The van der Waals surface area contributed by atoms with Crippen LogP contribution in [-0.4, -0.2) is 58.6 Å². The highest BCUT2D eigenvalue weighted by Crippen LogP contribution is 2.21. The van der Waals surface area contributed by atoms with Crippen molar-refractivity contribution in [1.29, 1.82) is 0 Å². The molecule has 0 radical (unpaired) electrons. The number of quaternary nitrogens is 1. The molecule has 170 valence electrons. The number of aromatic nitrogens is 5. The summed E-state index contributed by atoms with van der Waals surface area (Å²) in [6, 6.07) is 15.5. The predicted octanol–water partition coefficient (Wildman–Crippen LogP) is 0.884. The van der Waals surface area contributed by atoms with Gasteiger partial charge < -0.3 is 19.4 Å². The molecule has 2 aromatic carbocycles. The van der Waals surface area contributed by atoms with E-state index in [2.05, 4.69) is 20.5 Å². The second kappa shape index (κ2) is 9.13. The number of morpholine rings is 1. The number of nitrogens with zero attached hydrogens (tertiary/aromatic N) is 4. The van der Waals surface area contributed by atoms with Crippen molar-refractivity contribution in [2.75, 3.05) is 33.4 Å². The Labute approximate surface area is 190 Å². The van der Waals surface area contributed by atoms with Gasteiger partial charge in [-0.2, -0.15) is 0 Å². The lowest BCUT2D eigenvalue weighted by molar-refractivity contribution is -0.933. The number of hydrogen-bond acceptors (Lipinski definition) is 6. The van der Waals surface area contributed by atoms with E-state index >= 15 is 0 Å². The van der Waals surface area contributed by atoms with Gasteiger partial charge in [0.05, 0.1) is 37.9 Å². The molecule has 0 spiro atoms. The summed E-state index contributed by atoms with van der Waals surface area (Å²) in [4.78, 5) is 17.6. The number of hydrogen-bond donors (Lipinski definition) is 2. The van der Waals surface area contributed by atoms with Gasteiger partial charge in [0.1, 0.15) is 18.8 Å². The largest absolute Gasteiger partial charge is 0.497 e. The molecule has 9 nitrogen and oxygen atoms in total. The summed E-state index contributed by atoms with van der Waals surface area (Å²) < 4.78 is 12.6. The number of aromatic amines is 1. The summed E-state index contributed by atoms with van der Waals surface area (Å²) >= 11 is 0. The zero-order valence-electron chi connectivity index (χ0n) is 18.7. The Morgan fingerprint density at radius 2 is 1.97 bits per heavy atom. The Bertz CT molecular complexity index is 1310. The second-order valence-electron chi connectivity index (χ2n) is 8.34. The summed E-state index contributed by atoms with van der Waals surface area (Å²) in [6.45, 7) is 5.30. The van der Waals surface area contributed by atoms with Crippen LogP contribution in [0.15, 0.2) is 53.3 Å². The highest BCUT2D eigenvalue weighted by molar-refractivity contribution is 5.82. The lowest BCUT2D eigenvalue weighted by Crippen LogP contribution is -3.14. The Hall–Kier alpha value is -3.56. The van der Waals surface area contributed by atoms with Gasteiger partial charge in [-0.25, -0.2) is 4.68 Å². The van der Waals surface area contributed by atoms with Gasteiger partial charge >= 0.3 is 0 Å². The highest BCUT2D eigenvalue weighted by atomic mass is 16.5. The zero-order valence-corrected chi connectivity index (χ0v) is 18.7. The van der Waals surface area contributed by atoms with Gasteiger partial charge in [0.2, 0.25) is 5.82 Å². The zero-order chi connectivity index (χ0) is 22.8. The first-order valence-electron chi connectivity index (χ1n) is 11.1. The maximum absolute atomic E-state index is 13.3. The van der Waals surface area contributed by atoms with Gasteiger partial charge in [-0.05, 0) is 52.1 Å². The minimum atomic E-state index is -0.309. The monoisotopic (exact) mass is 447 g/mol. The minimum Gasteiger partial charge on any atom is -0.497 e. The first-order chi connectivity index (χ1) is 16.1. The van der Waals surface area contributed by atoms with Crippen LogP contribution in [0.3, 0.4) is 0 Å². The van der Waals surface area contributed by atoms with E-state index in [4.69, 9.17) is 9.47 Å². The lowest BCUT2D eigenvalue weighted by Gasteiger charge is -2.30. The number of para-hydroxylation sites is 1. The van der Waals surface area contributed by atoms with Gasteiger partial charge in [-0.15, -0.1) is 5.10 Å². The van der Waals surface area contributed by atoms with Crippen LogP contribution in [-0.2, 0) is 11.3 Å². The number of benzene rings is 2. The van der Waals surface area contributed by atoms with Crippen LogP contribution in [0.4, 0.5) is 0 Å². The average Bonchev–Trinajstić information content (AvgIpc) is 3.29. The maximum Gasteiger partial charge on any atom is 0.258 e. The molecule has 2 aromatic heterocycles. The molecule has 1 atom stereocenters. The molecule has 0 saturated carbocycles. The molecule has 33 heavy (non-hydrogen) atoms. The molecule has 3 heterocycles. The van der Waals surface area contributed by atoms with Gasteiger partial charge in [-0.1, -0.05) is 30.3 Å². The predicted molar refractivity (Wildman–Crippen MR) is 123 cm³/mol. The first kappa shape index (κ1) is 21.3. The van der Waals surface area contributed by atoms with Crippen molar-refractivity contribution < 1.29 is 14.4 Å². The van der Waals surface area contributed by atoms with Crippen LogP contribution in [0.1, 0.15) is 28.6 Å². The van der Waals surface area contributed by atoms with Crippen LogP contribution >= 0.6 is 0 Å². The number of rotatable bonds is 6. The van der Waals surface area contributed by atoms with E-state index in [0.29, 0.717) is 31.1 Å². The van der Waals surface area contributed by atoms with E-state index in [-0.39, 0.29) is 11.6 Å². The van der Waals surface area contributed by atoms with Crippen molar-refractivity contribution in [1.82, 2.24) is 25.2 Å². The van der Waals surface area contributed by atoms with Crippen molar-refractivity contribution in [3.63, 3.8) is 0 Å². The molecule has 0 unspecified atom stereocenters. The summed E-state index contributed by atoms with van der Waals surface area (Å²) in [5.41, 5.74) is 3.49. The quantitative estimate of drug-likeness (QED) is 0.455. The molecule has 0 aliphatic carbocycles. The van der Waals surface area contributed by atoms with Crippen LogP contribution in [0, 0.1) is 6.92 Å². The SMILES string of the molecule is COc1ccc(Cn2nnnc2[C@@H](c2cc3cccc(C)c3[nH]c2=O)[NH+]2CCOCC2)cc1. The molecule has 1 fully saturated rings. The summed E-state index contributed by atoms with van der Waals surface area (Å²) in [5.74, 6) is 1.46. The van der Waals surface area contributed by atoms with Crippen molar-refractivity contribution >= 4 is 10.9 Å². The summed E-state index contributed by atoms with van der Waals surface area (Å²) in [6.07, 6.45) is 0. The second-order valence-corrected chi connectivity index (χ2v) is 8.34. The third-order valence-electron chi connectivity index (χ3n) is 6.28. The lowest BCUT2D eigenvalue weighted by atomic mass is 10.0. The van der Waals surface area contributed by atoms with E-state index in [1.54, 1.807) is 11.8 Å². The Morgan fingerprint density at radius 1 is 1.18 bits per heavy atom. The Kier molecular flexibility index (Phi) is 5.89. The molecule has 0 bridgehead atoms.